The Morgan fingerprint density at radius 1 is 1.12 bits per heavy atom. The van der Waals surface area contributed by atoms with Crippen LogP contribution < -0.4 is 4.74 Å². The zero-order valence-electron chi connectivity index (χ0n) is 9.80. The van der Waals surface area contributed by atoms with Crippen molar-refractivity contribution in [3.8, 4) is 11.8 Å². The van der Waals surface area contributed by atoms with Crippen LogP contribution in [0.15, 0.2) is 24.3 Å². The van der Waals surface area contributed by atoms with Crippen molar-refractivity contribution in [2.45, 2.75) is 44.3 Å². The number of aliphatic hydroxyl groups is 1. The first-order chi connectivity index (χ1) is 8.29. The molecule has 1 fully saturated rings. The normalized spacial score (nSPS) is 24.7. The lowest BCUT2D eigenvalue weighted by Gasteiger charge is -2.21. The smallest absolute Gasteiger partial charge is 0.124 e. The highest BCUT2D eigenvalue weighted by molar-refractivity contribution is 5.34. The predicted molar refractivity (Wildman–Crippen MR) is 64.7 cm³/mol. The van der Waals surface area contributed by atoms with Crippen LogP contribution in [0.4, 0.5) is 0 Å². The number of nitriles is 1. The van der Waals surface area contributed by atoms with Gasteiger partial charge in [0.05, 0.1) is 17.7 Å². The van der Waals surface area contributed by atoms with Crippen molar-refractivity contribution < 1.29 is 9.84 Å². The molecule has 2 atom stereocenters. The minimum atomic E-state index is -0.367. The lowest BCUT2D eigenvalue weighted by atomic mass is 10.1. The maximum absolute atomic E-state index is 9.93. The Morgan fingerprint density at radius 3 is 2.53 bits per heavy atom. The van der Waals surface area contributed by atoms with Crippen LogP contribution in [-0.2, 0) is 0 Å². The summed E-state index contributed by atoms with van der Waals surface area (Å²) < 4.78 is 5.79. The average molecular weight is 231 g/mol. The molecule has 0 aliphatic heterocycles. The molecule has 2 unspecified atom stereocenters. The summed E-state index contributed by atoms with van der Waals surface area (Å²) >= 11 is 0. The van der Waals surface area contributed by atoms with Crippen molar-refractivity contribution in [3.05, 3.63) is 29.8 Å². The molecule has 1 aromatic carbocycles. The summed E-state index contributed by atoms with van der Waals surface area (Å²) in [6, 6.07) is 9.12. The summed E-state index contributed by atoms with van der Waals surface area (Å²) in [5, 5.41) is 18.6. The first kappa shape index (κ1) is 11.9. The molecular formula is C14H17NO2. The van der Waals surface area contributed by atoms with Gasteiger partial charge < -0.3 is 9.84 Å². The van der Waals surface area contributed by atoms with Crippen LogP contribution in [0, 0.1) is 11.3 Å². The minimum absolute atomic E-state index is 0.106. The number of nitrogens with zero attached hydrogens (tertiary/aromatic N) is 1. The quantitative estimate of drug-likeness (QED) is 0.796. The molecule has 1 aromatic rings. The van der Waals surface area contributed by atoms with E-state index in [9.17, 15) is 5.11 Å². The van der Waals surface area contributed by atoms with E-state index in [4.69, 9.17) is 10.00 Å². The average Bonchev–Trinajstić information content (AvgIpc) is 2.56. The molecule has 1 N–H and O–H groups in total. The number of rotatable bonds is 2. The van der Waals surface area contributed by atoms with Crippen LogP contribution in [0.25, 0.3) is 0 Å². The van der Waals surface area contributed by atoms with E-state index >= 15 is 0 Å². The van der Waals surface area contributed by atoms with Gasteiger partial charge in [0, 0.05) is 0 Å². The molecule has 0 bridgehead atoms. The molecule has 90 valence electrons. The van der Waals surface area contributed by atoms with Gasteiger partial charge in [-0.1, -0.05) is 12.8 Å². The van der Waals surface area contributed by atoms with Gasteiger partial charge in [0.15, 0.2) is 0 Å². The van der Waals surface area contributed by atoms with Gasteiger partial charge in [-0.15, -0.1) is 0 Å². The third-order valence-electron chi connectivity index (χ3n) is 3.19. The third kappa shape index (κ3) is 3.21. The number of hydrogen-bond donors (Lipinski definition) is 1. The standard InChI is InChI=1S/C14H17NO2/c15-10-11-6-8-12(9-7-11)17-14-5-3-1-2-4-13(14)16/h6-9,13-14,16H,1-5H2. The fourth-order valence-corrected chi connectivity index (χ4v) is 2.17. The zero-order chi connectivity index (χ0) is 12.1. The van der Waals surface area contributed by atoms with Crippen LogP contribution in [-0.4, -0.2) is 17.3 Å². The molecular weight excluding hydrogens is 214 g/mol. The first-order valence-corrected chi connectivity index (χ1v) is 6.14. The van der Waals surface area contributed by atoms with E-state index in [1.807, 2.05) is 0 Å². The Kier molecular flexibility index (Phi) is 4.00. The summed E-state index contributed by atoms with van der Waals surface area (Å²) in [7, 11) is 0. The number of hydrogen-bond acceptors (Lipinski definition) is 3. The van der Waals surface area contributed by atoms with E-state index in [2.05, 4.69) is 6.07 Å². The molecule has 0 radical (unpaired) electrons. The summed E-state index contributed by atoms with van der Waals surface area (Å²) in [6.45, 7) is 0. The number of benzene rings is 1. The van der Waals surface area contributed by atoms with E-state index in [0.717, 1.165) is 31.4 Å². The molecule has 0 aromatic heterocycles. The van der Waals surface area contributed by atoms with Crippen molar-refractivity contribution in [3.63, 3.8) is 0 Å². The van der Waals surface area contributed by atoms with Crippen molar-refractivity contribution in [1.82, 2.24) is 0 Å². The van der Waals surface area contributed by atoms with Crippen molar-refractivity contribution >= 4 is 0 Å². The van der Waals surface area contributed by atoms with Gasteiger partial charge in [-0.25, -0.2) is 0 Å². The second-order valence-electron chi connectivity index (χ2n) is 4.50. The highest BCUT2D eigenvalue weighted by atomic mass is 16.5. The SMILES string of the molecule is N#Cc1ccc(OC2CCCCCC2O)cc1. The molecule has 1 aliphatic carbocycles. The Morgan fingerprint density at radius 2 is 1.82 bits per heavy atom. The van der Waals surface area contributed by atoms with Gasteiger partial charge in [-0.05, 0) is 43.5 Å². The first-order valence-electron chi connectivity index (χ1n) is 6.14. The molecule has 0 spiro atoms. The van der Waals surface area contributed by atoms with Gasteiger partial charge in [0.1, 0.15) is 11.9 Å². The molecule has 2 rings (SSSR count). The summed E-state index contributed by atoms with van der Waals surface area (Å²) in [4.78, 5) is 0. The van der Waals surface area contributed by atoms with Gasteiger partial charge >= 0.3 is 0 Å². The Balaban J connectivity index is 2.01. The maximum Gasteiger partial charge on any atom is 0.124 e. The zero-order valence-corrected chi connectivity index (χ0v) is 9.80. The lowest BCUT2D eigenvalue weighted by molar-refractivity contribution is 0.0320. The van der Waals surface area contributed by atoms with Crippen molar-refractivity contribution in [2.24, 2.45) is 0 Å². The van der Waals surface area contributed by atoms with Crippen LogP contribution in [0.2, 0.25) is 0 Å². The molecule has 17 heavy (non-hydrogen) atoms. The van der Waals surface area contributed by atoms with Crippen LogP contribution in [0.3, 0.4) is 0 Å². The second kappa shape index (κ2) is 5.70. The van der Waals surface area contributed by atoms with Gasteiger partial charge in [-0.2, -0.15) is 5.26 Å². The third-order valence-corrected chi connectivity index (χ3v) is 3.19. The Labute approximate surface area is 102 Å². The largest absolute Gasteiger partial charge is 0.488 e. The minimum Gasteiger partial charge on any atom is -0.488 e. The summed E-state index contributed by atoms with van der Waals surface area (Å²) in [5.41, 5.74) is 0.624. The fourth-order valence-electron chi connectivity index (χ4n) is 2.17. The molecule has 0 saturated heterocycles. The molecule has 1 aliphatic rings. The lowest BCUT2D eigenvalue weighted by Crippen LogP contribution is -2.30. The maximum atomic E-state index is 9.93. The molecule has 1 saturated carbocycles. The number of ether oxygens (including phenoxy) is 1. The van der Waals surface area contributed by atoms with Crippen LogP contribution in [0.1, 0.15) is 37.7 Å². The molecule has 0 amide bonds. The molecule has 3 heteroatoms. The summed E-state index contributed by atoms with van der Waals surface area (Å²) in [6.07, 6.45) is 4.61. The van der Waals surface area contributed by atoms with Gasteiger partial charge in [0.2, 0.25) is 0 Å². The predicted octanol–water partition coefficient (Wildman–Crippen LogP) is 2.63. The highest BCUT2D eigenvalue weighted by Crippen LogP contribution is 2.23. The topological polar surface area (TPSA) is 53.2 Å². The van der Waals surface area contributed by atoms with Crippen LogP contribution >= 0.6 is 0 Å². The van der Waals surface area contributed by atoms with E-state index in [-0.39, 0.29) is 12.2 Å². The monoisotopic (exact) mass is 231 g/mol. The number of aliphatic hydroxyl groups excluding tert-OH is 1. The van der Waals surface area contributed by atoms with E-state index in [1.165, 1.54) is 6.42 Å². The summed E-state index contributed by atoms with van der Waals surface area (Å²) in [5.74, 6) is 0.731. The van der Waals surface area contributed by atoms with E-state index in [1.54, 1.807) is 24.3 Å². The van der Waals surface area contributed by atoms with Crippen molar-refractivity contribution in [2.75, 3.05) is 0 Å². The fraction of sp³-hybridized carbons (Fsp3) is 0.500. The highest BCUT2D eigenvalue weighted by Gasteiger charge is 2.23. The Bertz CT molecular complexity index is 394. The van der Waals surface area contributed by atoms with Gasteiger partial charge in [-0.3, -0.25) is 0 Å². The Hall–Kier alpha value is -1.53. The van der Waals surface area contributed by atoms with E-state index in [0.29, 0.717) is 5.56 Å². The molecule has 3 nitrogen and oxygen atoms in total. The van der Waals surface area contributed by atoms with Gasteiger partial charge in [0.25, 0.3) is 0 Å². The van der Waals surface area contributed by atoms with Crippen molar-refractivity contribution in [1.29, 1.82) is 5.26 Å². The second-order valence-corrected chi connectivity index (χ2v) is 4.50. The molecule has 0 heterocycles. The van der Waals surface area contributed by atoms with Crippen LogP contribution in [0.5, 0.6) is 5.75 Å². The van der Waals surface area contributed by atoms with E-state index < -0.39 is 0 Å².